The average molecular weight is 602 g/mol. The summed E-state index contributed by atoms with van der Waals surface area (Å²) in [7, 11) is 6.72. The summed E-state index contributed by atoms with van der Waals surface area (Å²) in [5, 5.41) is 13.9. The molecule has 0 radical (unpaired) electrons. The Morgan fingerprint density at radius 2 is 1.81 bits per heavy atom. The lowest BCUT2D eigenvalue weighted by Gasteiger charge is -2.30. The largest absolute Gasteiger partial charge is 0.439 e. The molecule has 43 heavy (non-hydrogen) atoms. The van der Waals surface area contributed by atoms with Gasteiger partial charge < -0.3 is 35.3 Å². The third-order valence-electron chi connectivity index (χ3n) is 7.72. The molecule has 6 atom stereocenters. The second-order valence-corrected chi connectivity index (χ2v) is 11.6. The number of rotatable bonds is 6. The number of nitrogens with one attached hydrogen (secondary N) is 1. The summed E-state index contributed by atoms with van der Waals surface area (Å²) in [6, 6.07) is 0. The molecule has 0 fully saturated rings. The number of ether oxygens (including phenoxy) is 3. The van der Waals surface area contributed by atoms with Gasteiger partial charge in [0.1, 0.15) is 6.10 Å². The Morgan fingerprint density at radius 1 is 1.14 bits per heavy atom. The van der Waals surface area contributed by atoms with Crippen molar-refractivity contribution in [2.24, 2.45) is 17.6 Å². The maximum absolute atomic E-state index is 13.7. The van der Waals surface area contributed by atoms with E-state index in [1.165, 1.54) is 26.4 Å². The van der Waals surface area contributed by atoms with E-state index in [9.17, 15) is 24.3 Å². The smallest absolute Gasteiger partial charge is 0.405 e. The lowest BCUT2D eigenvalue weighted by atomic mass is 9.82. The molecule has 11 heteroatoms. The van der Waals surface area contributed by atoms with Gasteiger partial charge in [0, 0.05) is 49.5 Å². The van der Waals surface area contributed by atoms with E-state index in [2.05, 4.69) is 5.32 Å². The van der Waals surface area contributed by atoms with E-state index in [0.29, 0.717) is 36.1 Å². The van der Waals surface area contributed by atoms with Crippen LogP contribution in [0.15, 0.2) is 58.4 Å². The van der Waals surface area contributed by atoms with Gasteiger partial charge in [-0.3, -0.25) is 14.4 Å². The van der Waals surface area contributed by atoms with Crippen LogP contribution in [0.4, 0.5) is 4.79 Å². The number of hydrogen-bond donors (Lipinski definition) is 3. The van der Waals surface area contributed by atoms with Gasteiger partial charge in [-0.25, -0.2) is 4.79 Å². The Morgan fingerprint density at radius 3 is 2.40 bits per heavy atom. The minimum Gasteiger partial charge on any atom is -0.439 e. The van der Waals surface area contributed by atoms with Crippen LogP contribution < -0.4 is 11.1 Å². The van der Waals surface area contributed by atoms with E-state index in [0.717, 1.165) is 0 Å². The first-order chi connectivity index (χ1) is 20.2. The van der Waals surface area contributed by atoms with E-state index in [1.807, 2.05) is 32.8 Å². The summed E-state index contributed by atoms with van der Waals surface area (Å²) in [6.45, 7) is 7.63. The van der Waals surface area contributed by atoms with Crippen LogP contribution in [-0.2, 0) is 28.6 Å². The highest BCUT2D eigenvalue weighted by Gasteiger charge is 2.33. The van der Waals surface area contributed by atoms with Crippen molar-refractivity contribution < 1.29 is 38.5 Å². The van der Waals surface area contributed by atoms with Crippen molar-refractivity contribution in [3.05, 3.63) is 58.4 Å². The van der Waals surface area contributed by atoms with Crippen LogP contribution in [0.3, 0.4) is 0 Å². The fourth-order valence-electron chi connectivity index (χ4n) is 5.25. The predicted molar refractivity (Wildman–Crippen MR) is 163 cm³/mol. The van der Waals surface area contributed by atoms with Crippen LogP contribution in [0.1, 0.15) is 47.0 Å². The molecule has 0 aromatic heterocycles. The Balaban J connectivity index is 2.62. The number of nitrogens with zero attached hydrogens (tertiary/aromatic N) is 1. The zero-order valence-electron chi connectivity index (χ0n) is 26.5. The van der Waals surface area contributed by atoms with Crippen LogP contribution in [0.2, 0.25) is 0 Å². The molecule has 1 heterocycles. The second-order valence-electron chi connectivity index (χ2n) is 11.6. The molecule has 1 aliphatic carbocycles. The minimum atomic E-state index is -0.993. The van der Waals surface area contributed by atoms with E-state index < -0.39 is 48.1 Å². The maximum Gasteiger partial charge on any atom is 0.405 e. The van der Waals surface area contributed by atoms with E-state index in [4.69, 9.17) is 19.9 Å². The number of Topliss-reactive ketones (excluding diaryl/α,β-unsaturated/α-hetero) is 1. The summed E-state index contributed by atoms with van der Waals surface area (Å²) in [4.78, 5) is 53.6. The number of carbonyl (C=O) groups excluding carboxylic acids is 4. The number of methoxy groups -OCH3 is 2. The number of aliphatic hydroxyl groups excluding tert-OH is 1. The van der Waals surface area contributed by atoms with Crippen molar-refractivity contribution in [1.29, 1.82) is 0 Å². The van der Waals surface area contributed by atoms with Gasteiger partial charge in [0.05, 0.1) is 17.9 Å². The molecule has 4 N–H and O–H groups in total. The normalized spacial score (nSPS) is 31.5. The van der Waals surface area contributed by atoms with Crippen LogP contribution in [-0.4, -0.2) is 92.8 Å². The quantitative estimate of drug-likeness (QED) is 0.308. The first kappa shape index (κ1) is 35.8. The summed E-state index contributed by atoms with van der Waals surface area (Å²) >= 11 is 0. The Labute approximate surface area is 254 Å². The number of allylic oxidation sites excluding steroid dienone is 4. The maximum atomic E-state index is 13.7. The first-order valence-electron chi connectivity index (χ1n) is 14.4. The Hall–Kier alpha value is -3.38. The number of carbonyl (C=O) groups is 4. The molecule has 1 unspecified atom stereocenters. The number of nitrogens with two attached hydrogens (primary N) is 1. The van der Waals surface area contributed by atoms with Crippen LogP contribution in [0, 0.1) is 11.8 Å². The SMILES string of the molecule is COC1/C=C\C=C(/C)C(=O)NC2=CC(=O)C(CCN(C)C)=C(C[C@@H](C)C[C@H](OC)[C@H](O)[C@@H](C)/C=C(\C)[C@@H]1OC(N)=O)C2=O. The van der Waals surface area contributed by atoms with Crippen molar-refractivity contribution in [2.75, 3.05) is 34.9 Å². The van der Waals surface area contributed by atoms with Crippen molar-refractivity contribution >= 4 is 23.6 Å². The zero-order valence-corrected chi connectivity index (χ0v) is 26.5. The van der Waals surface area contributed by atoms with Gasteiger partial charge in [-0.15, -0.1) is 0 Å². The zero-order chi connectivity index (χ0) is 32.4. The number of hydrogen-bond acceptors (Lipinski definition) is 9. The van der Waals surface area contributed by atoms with Crippen LogP contribution in [0.5, 0.6) is 0 Å². The molecular formula is C32H47N3O8. The molecule has 0 saturated carbocycles. The Kier molecular flexibility index (Phi) is 13.7. The van der Waals surface area contributed by atoms with Gasteiger partial charge in [0.15, 0.2) is 11.9 Å². The van der Waals surface area contributed by atoms with Crippen molar-refractivity contribution in [3.63, 3.8) is 0 Å². The van der Waals surface area contributed by atoms with Crippen LogP contribution >= 0.6 is 0 Å². The highest BCUT2D eigenvalue weighted by molar-refractivity contribution is 6.23. The van der Waals surface area contributed by atoms with Gasteiger partial charge in [-0.05, 0) is 58.7 Å². The fourth-order valence-corrected chi connectivity index (χ4v) is 5.25. The number of ketones is 2. The highest BCUT2D eigenvalue weighted by Crippen LogP contribution is 2.30. The van der Waals surface area contributed by atoms with E-state index >= 15 is 0 Å². The molecule has 0 spiro atoms. The standard InChI is InChI=1S/C32H47N3O8/c1-18-14-23-22(12-13-35(5)6)25(36)17-24(29(23)38)34-31(39)19(2)10-9-11-26(41-7)30(43-32(33)40)21(4)16-20(3)28(37)27(15-18)42-8/h9-11,16-18,20,26-28,30,37H,12-15H2,1-8H3,(H2,33,40)(H,34,39)/b11-9-,19-10+,21-16+/t18-,20+,26?,27+,28-,30+/m1/s1. The molecular weight excluding hydrogens is 554 g/mol. The molecule has 11 nitrogen and oxygen atoms in total. The predicted octanol–water partition coefficient (Wildman–Crippen LogP) is 2.76. The molecule has 2 amide bonds. The van der Waals surface area contributed by atoms with E-state index in [1.54, 1.807) is 32.1 Å². The number of primary amides is 1. The molecule has 2 aliphatic rings. The number of aliphatic hydroxyl groups is 1. The average Bonchev–Trinajstić information content (AvgIpc) is 2.93. The summed E-state index contributed by atoms with van der Waals surface area (Å²) in [5.74, 6) is -1.85. The van der Waals surface area contributed by atoms with Crippen molar-refractivity contribution in [2.45, 2.75) is 71.4 Å². The third-order valence-corrected chi connectivity index (χ3v) is 7.72. The van der Waals surface area contributed by atoms with Gasteiger partial charge in [0.25, 0.3) is 5.91 Å². The lowest BCUT2D eigenvalue weighted by Crippen LogP contribution is -2.37. The molecule has 1 aliphatic heterocycles. The fraction of sp³-hybridized carbons (Fsp3) is 0.562. The summed E-state index contributed by atoms with van der Waals surface area (Å²) in [6.07, 6.45) is 4.47. The second kappa shape index (κ2) is 16.5. The molecule has 2 bridgehead atoms. The third kappa shape index (κ3) is 10.1. The molecule has 0 aromatic rings. The Bertz CT molecular complexity index is 1210. The van der Waals surface area contributed by atoms with Crippen molar-refractivity contribution in [1.82, 2.24) is 10.2 Å². The highest BCUT2D eigenvalue weighted by atomic mass is 16.6. The van der Waals surface area contributed by atoms with Gasteiger partial charge >= 0.3 is 6.09 Å². The van der Waals surface area contributed by atoms with Gasteiger partial charge in [0.2, 0.25) is 5.78 Å². The molecule has 2 rings (SSSR count). The van der Waals surface area contributed by atoms with Crippen molar-refractivity contribution in [3.8, 4) is 0 Å². The molecule has 238 valence electrons. The lowest BCUT2D eigenvalue weighted by molar-refractivity contribution is -0.120. The number of amides is 2. The molecule has 0 aromatic carbocycles. The first-order valence-corrected chi connectivity index (χ1v) is 14.4. The van der Waals surface area contributed by atoms with E-state index in [-0.39, 0.29) is 29.4 Å². The summed E-state index contributed by atoms with van der Waals surface area (Å²) < 4.78 is 16.6. The monoisotopic (exact) mass is 601 g/mol. The summed E-state index contributed by atoms with van der Waals surface area (Å²) in [5.41, 5.74) is 6.92. The van der Waals surface area contributed by atoms with Gasteiger partial charge in [-0.2, -0.15) is 0 Å². The van der Waals surface area contributed by atoms with Gasteiger partial charge in [-0.1, -0.05) is 38.2 Å². The molecule has 0 saturated heterocycles. The number of fused-ring (bicyclic) bond motifs is 2. The topological polar surface area (TPSA) is 157 Å². The van der Waals surface area contributed by atoms with Crippen LogP contribution in [0.25, 0.3) is 0 Å². The minimum absolute atomic E-state index is 0.0816.